The van der Waals surface area contributed by atoms with Crippen LogP contribution in [0.15, 0.2) is 24.3 Å². The lowest BCUT2D eigenvalue weighted by Gasteiger charge is -2.34. The Bertz CT molecular complexity index is 571. The van der Waals surface area contributed by atoms with Crippen molar-refractivity contribution >= 4 is 12.0 Å². The lowest BCUT2D eigenvalue weighted by atomic mass is 10.3. The van der Waals surface area contributed by atoms with Crippen molar-refractivity contribution in [2.45, 2.75) is 6.92 Å². The molecule has 144 valence electrons. The van der Waals surface area contributed by atoms with Gasteiger partial charge in [-0.05, 0) is 31.2 Å². The molecule has 1 fully saturated rings. The van der Waals surface area contributed by atoms with Crippen LogP contribution in [0.25, 0.3) is 0 Å². The van der Waals surface area contributed by atoms with Crippen LogP contribution in [0.2, 0.25) is 0 Å². The molecule has 0 atom stereocenters. The molecule has 1 aliphatic heterocycles. The maximum Gasteiger partial charge on any atom is 0.409 e. The molecule has 1 aromatic carbocycles. The number of rotatable bonds is 8. The molecule has 0 radical (unpaired) electrons. The molecule has 0 aliphatic carbocycles. The molecule has 26 heavy (non-hydrogen) atoms. The van der Waals surface area contributed by atoms with Gasteiger partial charge in [-0.1, -0.05) is 0 Å². The van der Waals surface area contributed by atoms with E-state index in [1.165, 1.54) is 0 Å². The number of ether oxygens (including phenoxy) is 3. The summed E-state index contributed by atoms with van der Waals surface area (Å²) in [5, 5.41) is 3.08. The van der Waals surface area contributed by atoms with Gasteiger partial charge in [0.15, 0.2) is 0 Å². The van der Waals surface area contributed by atoms with Crippen LogP contribution in [0.5, 0.6) is 11.5 Å². The molecule has 1 N–H and O–H groups in total. The molecular weight excluding hydrogens is 338 g/mol. The molecule has 1 aliphatic rings. The SMILES string of the molecule is CCOC(=O)N1CCN(C(=O)CNCCOc2ccc(OC)cc2)CC1. The molecule has 1 saturated heterocycles. The summed E-state index contributed by atoms with van der Waals surface area (Å²) in [5.74, 6) is 1.57. The second-order valence-corrected chi connectivity index (χ2v) is 5.77. The minimum Gasteiger partial charge on any atom is -0.497 e. The molecule has 2 rings (SSSR count). The Balaban J connectivity index is 1.58. The molecule has 0 saturated carbocycles. The fraction of sp³-hybridized carbons (Fsp3) is 0.556. The first-order chi connectivity index (χ1) is 12.6. The lowest BCUT2D eigenvalue weighted by Crippen LogP contribution is -2.52. The van der Waals surface area contributed by atoms with Gasteiger partial charge in [0, 0.05) is 32.7 Å². The standard InChI is InChI=1S/C18H27N3O5/c1-3-25-18(23)21-11-9-20(10-12-21)17(22)14-19-8-13-26-16-6-4-15(24-2)5-7-16/h4-7,19H,3,8-14H2,1-2H3. The van der Waals surface area contributed by atoms with Gasteiger partial charge in [-0.3, -0.25) is 4.79 Å². The zero-order valence-electron chi connectivity index (χ0n) is 15.4. The quantitative estimate of drug-likeness (QED) is 0.692. The van der Waals surface area contributed by atoms with E-state index >= 15 is 0 Å². The highest BCUT2D eigenvalue weighted by Crippen LogP contribution is 2.16. The number of benzene rings is 1. The van der Waals surface area contributed by atoms with Crippen molar-refractivity contribution in [3.63, 3.8) is 0 Å². The smallest absolute Gasteiger partial charge is 0.409 e. The van der Waals surface area contributed by atoms with Gasteiger partial charge in [0.05, 0.1) is 20.3 Å². The Hall–Kier alpha value is -2.48. The van der Waals surface area contributed by atoms with Crippen LogP contribution in [0.4, 0.5) is 4.79 Å². The van der Waals surface area contributed by atoms with E-state index in [0.29, 0.717) is 45.9 Å². The molecule has 8 heteroatoms. The van der Waals surface area contributed by atoms with Crippen LogP contribution < -0.4 is 14.8 Å². The number of nitrogens with one attached hydrogen (secondary N) is 1. The molecule has 8 nitrogen and oxygen atoms in total. The van der Waals surface area contributed by atoms with Crippen LogP contribution >= 0.6 is 0 Å². The van der Waals surface area contributed by atoms with E-state index in [-0.39, 0.29) is 18.5 Å². The average molecular weight is 365 g/mol. The van der Waals surface area contributed by atoms with Gasteiger partial charge >= 0.3 is 6.09 Å². The molecule has 0 spiro atoms. The van der Waals surface area contributed by atoms with Crippen molar-refractivity contribution in [2.24, 2.45) is 0 Å². The van der Waals surface area contributed by atoms with Crippen molar-refractivity contribution in [2.75, 3.05) is 59.6 Å². The molecule has 1 aromatic rings. The van der Waals surface area contributed by atoms with Crippen molar-refractivity contribution in [1.82, 2.24) is 15.1 Å². The molecule has 1 heterocycles. The molecule has 0 unspecified atom stereocenters. The van der Waals surface area contributed by atoms with Crippen LogP contribution in [0.1, 0.15) is 6.92 Å². The average Bonchev–Trinajstić information content (AvgIpc) is 2.68. The minimum atomic E-state index is -0.312. The number of piperazine rings is 1. The zero-order valence-corrected chi connectivity index (χ0v) is 15.4. The number of carbonyl (C=O) groups excluding carboxylic acids is 2. The number of hydrogen-bond donors (Lipinski definition) is 1. The zero-order chi connectivity index (χ0) is 18.8. The lowest BCUT2D eigenvalue weighted by molar-refractivity contribution is -0.131. The van der Waals surface area contributed by atoms with Crippen LogP contribution in [-0.4, -0.2) is 81.4 Å². The summed E-state index contributed by atoms with van der Waals surface area (Å²) in [5.41, 5.74) is 0. The normalized spacial score (nSPS) is 14.1. The fourth-order valence-corrected chi connectivity index (χ4v) is 2.57. The summed E-state index contributed by atoms with van der Waals surface area (Å²) in [7, 11) is 1.62. The van der Waals surface area contributed by atoms with E-state index in [1.807, 2.05) is 24.3 Å². The monoisotopic (exact) mass is 365 g/mol. The third-order valence-corrected chi connectivity index (χ3v) is 4.04. The van der Waals surface area contributed by atoms with E-state index in [4.69, 9.17) is 14.2 Å². The first kappa shape index (κ1) is 19.8. The van der Waals surface area contributed by atoms with E-state index in [1.54, 1.807) is 23.8 Å². The van der Waals surface area contributed by atoms with Crippen LogP contribution in [0.3, 0.4) is 0 Å². The predicted molar refractivity (Wildman–Crippen MR) is 96.5 cm³/mol. The molecule has 0 bridgehead atoms. The van der Waals surface area contributed by atoms with Crippen molar-refractivity contribution in [3.8, 4) is 11.5 Å². The maximum absolute atomic E-state index is 12.2. The van der Waals surface area contributed by atoms with Gasteiger partial charge in [0.25, 0.3) is 0 Å². The van der Waals surface area contributed by atoms with Gasteiger partial charge in [-0.15, -0.1) is 0 Å². The van der Waals surface area contributed by atoms with E-state index < -0.39 is 0 Å². The van der Waals surface area contributed by atoms with Crippen molar-refractivity contribution in [1.29, 1.82) is 0 Å². The fourth-order valence-electron chi connectivity index (χ4n) is 2.57. The Kier molecular flexibility index (Phi) is 8.01. The number of amides is 2. The minimum absolute atomic E-state index is 0.0259. The second kappa shape index (κ2) is 10.5. The first-order valence-electron chi connectivity index (χ1n) is 8.81. The summed E-state index contributed by atoms with van der Waals surface area (Å²) in [6.07, 6.45) is -0.312. The largest absolute Gasteiger partial charge is 0.497 e. The third-order valence-electron chi connectivity index (χ3n) is 4.04. The Labute approximate surface area is 154 Å². The van der Waals surface area contributed by atoms with E-state index in [2.05, 4.69) is 5.32 Å². The van der Waals surface area contributed by atoms with E-state index in [9.17, 15) is 9.59 Å². The van der Waals surface area contributed by atoms with Crippen molar-refractivity contribution in [3.05, 3.63) is 24.3 Å². The number of hydrogen-bond acceptors (Lipinski definition) is 6. The highest BCUT2D eigenvalue weighted by Gasteiger charge is 2.24. The summed E-state index contributed by atoms with van der Waals surface area (Å²) in [6, 6.07) is 7.35. The number of carbonyl (C=O) groups is 2. The molecule has 0 aromatic heterocycles. The summed E-state index contributed by atoms with van der Waals surface area (Å²) in [4.78, 5) is 27.2. The molecular formula is C18H27N3O5. The predicted octanol–water partition coefficient (Wildman–Crippen LogP) is 0.964. The van der Waals surface area contributed by atoms with Crippen LogP contribution in [0, 0.1) is 0 Å². The summed E-state index contributed by atoms with van der Waals surface area (Å²) in [6.45, 7) is 5.50. The van der Waals surface area contributed by atoms with Gasteiger partial charge in [-0.25, -0.2) is 4.79 Å². The van der Waals surface area contributed by atoms with E-state index in [0.717, 1.165) is 11.5 Å². The topological polar surface area (TPSA) is 80.3 Å². The second-order valence-electron chi connectivity index (χ2n) is 5.77. The third kappa shape index (κ3) is 6.11. The van der Waals surface area contributed by atoms with Crippen LogP contribution in [-0.2, 0) is 9.53 Å². The highest BCUT2D eigenvalue weighted by molar-refractivity contribution is 5.78. The number of methoxy groups -OCH3 is 1. The Morgan fingerprint density at radius 3 is 2.27 bits per heavy atom. The van der Waals surface area contributed by atoms with Gasteiger partial charge < -0.3 is 29.3 Å². The molecule has 2 amide bonds. The maximum atomic E-state index is 12.2. The Morgan fingerprint density at radius 1 is 1.04 bits per heavy atom. The van der Waals surface area contributed by atoms with Crippen molar-refractivity contribution < 1.29 is 23.8 Å². The highest BCUT2D eigenvalue weighted by atomic mass is 16.6. The Morgan fingerprint density at radius 2 is 1.65 bits per heavy atom. The van der Waals surface area contributed by atoms with Gasteiger partial charge in [0.2, 0.25) is 5.91 Å². The first-order valence-corrected chi connectivity index (χ1v) is 8.81. The summed E-state index contributed by atoms with van der Waals surface area (Å²) >= 11 is 0. The van der Waals surface area contributed by atoms with Gasteiger partial charge in [0.1, 0.15) is 18.1 Å². The summed E-state index contributed by atoms with van der Waals surface area (Å²) < 4.78 is 15.7. The van der Waals surface area contributed by atoms with Gasteiger partial charge in [-0.2, -0.15) is 0 Å². The number of nitrogens with zero attached hydrogens (tertiary/aromatic N) is 2.